The fourth-order valence-corrected chi connectivity index (χ4v) is 1.76. The fourth-order valence-electron chi connectivity index (χ4n) is 1.43. The van der Waals surface area contributed by atoms with Gasteiger partial charge in [-0.05, 0) is 17.5 Å². The molecule has 1 atom stereocenters. The van der Waals surface area contributed by atoms with E-state index in [1.807, 2.05) is 0 Å². The Morgan fingerprint density at radius 1 is 1.32 bits per heavy atom. The Bertz CT molecular complexity index is 512. The summed E-state index contributed by atoms with van der Waals surface area (Å²) in [4.78, 5) is 27.0. The molecule has 1 amide bonds. The molecule has 7 heteroatoms. The van der Waals surface area contributed by atoms with E-state index in [1.54, 1.807) is 20.8 Å². The summed E-state index contributed by atoms with van der Waals surface area (Å²) in [6.45, 7) is 5.12. The van der Waals surface area contributed by atoms with Gasteiger partial charge in [0.05, 0.1) is 5.02 Å². The van der Waals surface area contributed by atoms with Crippen molar-refractivity contribution in [1.29, 1.82) is 0 Å². The van der Waals surface area contributed by atoms with Crippen LogP contribution in [-0.4, -0.2) is 28.0 Å². The maximum atomic E-state index is 12.0. The Labute approximate surface area is 120 Å². The van der Waals surface area contributed by atoms with Gasteiger partial charge in [0.15, 0.2) is 0 Å². The summed E-state index contributed by atoms with van der Waals surface area (Å²) < 4.78 is 0. The van der Waals surface area contributed by atoms with Gasteiger partial charge in [-0.2, -0.15) is 0 Å². The molecule has 0 aliphatic heterocycles. The minimum Gasteiger partial charge on any atom is -0.480 e. The number of carboxylic acids is 1. The van der Waals surface area contributed by atoms with E-state index in [0.29, 0.717) is 0 Å². The number of aromatic nitrogens is 1. The first-order valence-corrected chi connectivity index (χ1v) is 6.24. The van der Waals surface area contributed by atoms with Crippen molar-refractivity contribution in [1.82, 2.24) is 10.3 Å². The van der Waals surface area contributed by atoms with Crippen molar-refractivity contribution in [2.24, 2.45) is 5.41 Å². The predicted molar refractivity (Wildman–Crippen MR) is 72.6 cm³/mol. The highest BCUT2D eigenvalue weighted by Crippen LogP contribution is 2.21. The number of amides is 1. The molecule has 19 heavy (non-hydrogen) atoms. The van der Waals surface area contributed by atoms with Gasteiger partial charge >= 0.3 is 5.97 Å². The van der Waals surface area contributed by atoms with E-state index in [2.05, 4.69) is 10.3 Å². The van der Waals surface area contributed by atoms with Gasteiger partial charge in [-0.3, -0.25) is 4.79 Å². The van der Waals surface area contributed by atoms with Gasteiger partial charge in [0.25, 0.3) is 5.91 Å². The molecule has 1 rings (SSSR count). The number of carbonyl (C=O) groups is 2. The van der Waals surface area contributed by atoms with Gasteiger partial charge in [0, 0.05) is 0 Å². The summed E-state index contributed by atoms with van der Waals surface area (Å²) in [5, 5.41) is 11.8. The van der Waals surface area contributed by atoms with Crippen molar-refractivity contribution in [2.75, 3.05) is 0 Å². The third-order valence-electron chi connectivity index (χ3n) is 2.42. The van der Waals surface area contributed by atoms with E-state index in [9.17, 15) is 9.59 Å². The summed E-state index contributed by atoms with van der Waals surface area (Å²) in [5.41, 5.74) is -0.739. The first-order valence-electron chi connectivity index (χ1n) is 5.48. The summed E-state index contributed by atoms with van der Waals surface area (Å²) in [6.07, 6.45) is 0. The van der Waals surface area contributed by atoms with E-state index in [-0.39, 0.29) is 15.9 Å². The van der Waals surface area contributed by atoms with Gasteiger partial charge < -0.3 is 10.4 Å². The van der Waals surface area contributed by atoms with Crippen LogP contribution in [0.3, 0.4) is 0 Å². The molecule has 1 aromatic rings. The molecule has 0 aromatic carbocycles. The van der Waals surface area contributed by atoms with Crippen LogP contribution in [0.15, 0.2) is 12.1 Å². The van der Waals surface area contributed by atoms with Gasteiger partial charge in [-0.25, -0.2) is 9.78 Å². The molecule has 5 nitrogen and oxygen atoms in total. The number of rotatable bonds is 3. The average Bonchev–Trinajstić information content (AvgIpc) is 2.26. The van der Waals surface area contributed by atoms with Crippen LogP contribution in [-0.2, 0) is 4.79 Å². The Balaban J connectivity index is 3.01. The first-order chi connectivity index (χ1) is 8.62. The van der Waals surface area contributed by atoms with Crippen LogP contribution in [0.25, 0.3) is 0 Å². The lowest BCUT2D eigenvalue weighted by molar-refractivity contribution is -0.142. The van der Waals surface area contributed by atoms with E-state index in [4.69, 9.17) is 28.3 Å². The largest absolute Gasteiger partial charge is 0.480 e. The molecular weight excluding hydrogens is 291 g/mol. The third-order valence-corrected chi connectivity index (χ3v) is 2.93. The van der Waals surface area contributed by atoms with Crippen LogP contribution in [0.2, 0.25) is 10.2 Å². The van der Waals surface area contributed by atoms with Crippen LogP contribution in [0, 0.1) is 5.41 Å². The molecule has 2 N–H and O–H groups in total. The van der Waals surface area contributed by atoms with Gasteiger partial charge in [-0.1, -0.05) is 44.0 Å². The molecule has 1 unspecified atom stereocenters. The quantitative estimate of drug-likeness (QED) is 0.841. The Kier molecular flexibility index (Phi) is 4.76. The minimum atomic E-state index is -1.13. The number of carboxylic acid groups (broad SMARTS) is 1. The number of aliphatic carboxylic acids is 1. The molecule has 0 radical (unpaired) electrons. The Morgan fingerprint density at radius 3 is 2.37 bits per heavy atom. The maximum Gasteiger partial charge on any atom is 0.326 e. The van der Waals surface area contributed by atoms with Crippen molar-refractivity contribution in [3.05, 3.63) is 28.0 Å². The Hall–Kier alpha value is -1.33. The van der Waals surface area contributed by atoms with Crippen molar-refractivity contribution >= 4 is 35.1 Å². The number of carbonyl (C=O) groups excluding carboxylic acids is 1. The maximum absolute atomic E-state index is 12.0. The summed E-state index contributed by atoms with van der Waals surface area (Å²) >= 11 is 11.5. The molecular formula is C12H14Cl2N2O3. The molecule has 0 fully saturated rings. The molecule has 0 bridgehead atoms. The second-order valence-corrected chi connectivity index (χ2v) is 5.87. The standard InChI is InChI=1S/C12H14Cl2N2O3/c1-12(2,3)9(11(18)19)16-10(17)8-6(13)4-5-7(14)15-8/h4-5,9H,1-3H3,(H,16,17)(H,18,19). The molecule has 1 aromatic heterocycles. The molecule has 0 saturated carbocycles. The monoisotopic (exact) mass is 304 g/mol. The van der Waals surface area contributed by atoms with Crippen LogP contribution < -0.4 is 5.32 Å². The lowest BCUT2D eigenvalue weighted by atomic mass is 9.86. The topological polar surface area (TPSA) is 79.3 Å². The van der Waals surface area contributed by atoms with Gasteiger partial charge in [-0.15, -0.1) is 0 Å². The summed E-state index contributed by atoms with van der Waals surface area (Å²) in [7, 11) is 0. The van der Waals surface area contributed by atoms with E-state index in [0.717, 1.165) is 0 Å². The fraction of sp³-hybridized carbons (Fsp3) is 0.417. The zero-order chi connectivity index (χ0) is 14.8. The number of hydrogen-bond donors (Lipinski definition) is 2. The number of halogens is 2. The predicted octanol–water partition coefficient (Wildman–Crippen LogP) is 2.62. The van der Waals surface area contributed by atoms with E-state index in [1.165, 1.54) is 12.1 Å². The van der Waals surface area contributed by atoms with Crippen molar-refractivity contribution in [3.8, 4) is 0 Å². The average molecular weight is 305 g/mol. The van der Waals surface area contributed by atoms with Crippen LogP contribution in [0.4, 0.5) is 0 Å². The molecule has 0 saturated heterocycles. The van der Waals surface area contributed by atoms with E-state index < -0.39 is 23.3 Å². The van der Waals surface area contributed by atoms with Crippen LogP contribution in [0.5, 0.6) is 0 Å². The third kappa shape index (κ3) is 4.08. The molecule has 104 valence electrons. The highest BCUT2D eigenvalue weighted by Gasteiger charge is 2.33. The molecule has 0 spiro atoms. The zero-order valence-electron chi connectivity index (χ0n) is 10.7. The van der Waals surface area contributed by atoms with Gasteiger partial charge in [0.1, 0.15) is 16.9 Å². The summed E-state index contributed by atoms with van der Waals surface area (Å²) in [6, 6.07) is 1.81. The zero-order valence-corrected chi connectivity index (χ0v) is 12.2. The van der Waals surface area contributed by atoms with E-state index >= 15 is 0 Å². The molecule has 1 heterocycles. The van der Waals surface area contributed by atoms with Crippen molar-refractivity contribution < 1.29 is 14.7 Å². The molecule has 0 aliphatic rings. The minimum absolute atomic E-state index is 0.0929. The lowest BCUT2D eigenvalue weighted by Gasteiger charge is -2.27. The number of nitrogens with one attached hydrogen (secondary N) is 1. The second kappa shape index (κ2) is 5.75. The smallest absolute Gasteiger partial charge is 0.326 e. The van der Waals surface area contributed by atoms with Crippen LogP contribution >= 0.6 is 23.2 Å². The summed E-state index contributed by atoms with van der Waals surface area (Å²) in [5.74, 6) is -1.80. The van der Waals surface area contributed by atoms with Crippen molar-refractivity contribution in [2.45, 2.75) is 26.8 Å². The normalized spacial score (nSPS) is 12.9. The Morgan fingerprint density at radius 2 is 1.89 bits per heavy atom. The molecule has 0 aliphatic carbocycles. The number of hydrogen-bond acceptors (Lipinski definition) is 3. The lowest BCUT2D eigenvalue weighted by Crippen LogP contribution is -2.49. The SMILES string of the molecule is CC(C)(C)C(NC(=O)c1nc(Cl)ccc1Cl)C(=O)O. The van der Waals surface area contributed by atoms with Gasteiger partial charge in [0.2, 0.25) is 0 Å². The second-order valence-electron chi connectivity index (χ2n) is 5.08. The highest BCUT2D eigenvalue weighted by molar-refractivity contribution is 6.34. The van der Waals surface area contributed by atoms with Crippen LogP contribution in [0.1, 0.15) is 31.3 Å². The first kappa shape index (κ1) is 15.7. The number of nitrogens with zero attached hydrogens (tertiary/aromatic N) is 1. The highest BCUT2D eigenvalue weighted by atomic mass is 35.5. The van der Waals surface area contributed by atoms with Crippen molar-refractivity contribution in [3.63, 3.8) is 0 Å². The number of pyridine rings is 1.